The van der Waals surface area contributed by atoms with E-state index in [1.165, 1.54) is 30.6 Å². The van der Waals surface area contributed by atoms with E-state index < -0.39 is 0 Å². The van der Waals surface area contributed by atoms with Crippen molar-refractivity contribution in [2.45, 2.75) is 131 Å². The monoisotopic (exact) mass is 539 g/mol. The first-order valence-electron chi connectivity index (χ1n) is 15.9. The molecule has 0 unspecified atom stereocenters. The van der Waals surface area contributed by atoms with Crippen LogP contribution in [0.5, 0.6) is 0 Å². The Morgan fingerprint density at radius 3 is 2.67 bits per heavy atom. The number of esters is 1. The lowest BCUT2D eigenvalue weighted by Gasteiger charge is -2.58. The summed E-state index contributed by atoms with van der Waals surface area (Å²) < 4.78 is 12.8. The fraction of sp³-hybridized carbons (Fsp3) is 0.824. The van der Waals surface area contributed by atoms with Gasteiger partial charge in [-0.2, -0.15) is 0 Å². The lowest BCUT2D eigenvalue weighted by atomic mass is 9.47. The number of hydrogen-bond acceptors (Lipinski definition) is 4. The van der Waals surface area contributed by atoms with Crippen LogP contribution in [0.3, 0.4) is 0 Å². The van der Waals surface area contributed by atoms with Crippen LogP contribution in [0.25, 0.3) is 0 Å². The van der Waals surface area contributed by atoms with E-state index in [-0.39, 0.29) is 34.4 Å². The summed E-state index contributed by atoms with van der Waals surface area (Å²) in [6.45, 7) is 16.5. The third-order valence-electron chi connectivity index (χ3n) is 11.9. The van der Waals surface area contributed by atoms with Gasteiger partial charge in [0, 0.05) is 38.6 Å². The molecule has 5 heteroatoms. The van der Waals surface area contributed by atoms with Gasteiger partial charge in [-0.25, -0.2) is 0 Å². The predicted molar refractivity (Wildman–Crippen MR) is 155 cm³/mol. The molecule has 218 valence electrons. The van der Waals surface area contributed by atoms with Crippen LogP contribution in [-0.2, 0) is 19.1 Å². The van der Waals surface area contributed by atoms with Crippen LogP contribution in [0.4, 0.5) is 0 Å². The quantitative estimate of drug-likeness (QED) is 0.256. The van der Waals surface area contributed by atoms with Crippen LogP contribution in [0, 0.1) is 40.4 Å². The van der Waals surface area contributed by atoms with Gasteiger partial charge < -0.3 is 14.8 Å². The molecule has 1 aliphatic heterocycles. The third kappa shape index (κ3) is 4.99. The summed E-state index contributed by atoms with van der Waals surface area (Å²) >= 11 is 0. The molecule has 0 saturated heterocycles. The summed E-state index contributed by atoms with van der Waals surface area (Å²) in [6, 6.07) is 0. The Morgan fingerprint density at radius 2 is 1.95 bits per heavy atom. The number of carbonyl (C=O) groups is 2. The number of hydrogen-bond donors (Lipinski definition) is 1. The van der Waals surface area contributed by atoms with Gasteiger partial charge in [0.2, 0.25) is 5.91 Å². The minimum absolute atomic E-state index is 0.0236. The van der Waals surface area contributed by atoms with Crippen LogP contribution in [-0.4, -0.2) is 30.1 Å². The van der Waals surface area contributed by atoms with Crippen LogP contribution >= 0.6 is 0 Å². The van der Waals surface area contributed by atoms with E-state index in [1.54, 1.807) is 12.5 Å². The van der Waals surface area contributed by atoms with Gasteiger partial charge in [0.25, 0.3) is 0 Å². The van der Waals surface area contributed by atoms with Crippen molar-refractivity contribution in [1.82, 2.24) is 5.32 Å². The average molecular weight is 540 g/mol. The molecule has 0 aromatic heterocycles. The van der Waals surface area contributed by atoms with Crippen molar-refractivity contribution in [3.8, 4) is 0 Å². The normalized spacial score (nSPS) is 41.4. The van der Waals surface area contributed by atoms with Crippen molar-refractivity contribution >= 4 is 11.9 Å². The fourth-order valence-corrected chi connectivity index (χ4v) is 10.1. The SMILES string of the molecule is CCCC(=O)O[C@H]1CC[C@@]2(C)C(=CC[C@H]3[C@@H]4C[C@]5(C)OC(CC[C@@H](C)CNC(C)=O)=C(C)[C@@H]5[C@@]4(C)CC[C@@H]32)C1. The van der Waals surface area contributed by atoms with Crippen molar-refractivity contribution in [3.63, 3.8) is 0 Å². The fourth-order valence-electron chi connectivity index (χ4n) is 10.1. The van der Waals surface area contributed by atoms with Crippen LogP contribution in [0.15, 0.2) is 23.0 Å². The first kappa shape index (κ1) is 28.7. The average Bonchev–Trinajstić information content (AvgIpc) is 3.27. The van der Waals surface area contributed by atoms with E-state index in [9.17, 15) is 9.59 Å². The summed E-state index contributed by atoms with van der Waals surface area (Å²) in [5.41, 5.74) is 3.51. The van der Waals surface area contributed by atoms with Gasteiger partial charge in [-0.1, -0.05) is 39.3 Å². The first-order chi connectivity index (χ1) is 18.4. The topological polar surface area (TPSA) is 64.6 Å². The van der Waals surface area contributed by atoms with Gasteiger partial charge in [0.15, 0.2) is 0 Å². The van der Waals surface area contributed by atoms with Crippen molar-refractivity contribution in [1.29, 1.82) is 0 Å². The van der Waals surface area contributed by atoms with E-state index in [4.69, 9.17) is 9.47 Å². The van der Waals surface area contributed by atoms with Crippen LogP contribution in [0.1, 0.15) is 119 Å². The maximum absolute atomic E-state index is 12.2. The molecule has 5 nitrogen and oxygen atoms in total. The van der Waals surface area contributed by atoms with Gasteiger partial charge in [-0.3, -0.25) is 9.59 Å². The molecule has 0 spiro atoms. The number of rotatable bonds is 8. The Kier molecular flexibility index (Phi) is 7.78. The highest BCUT2D eigenvalue weighted by molar-refractivity contribution is 5.72. The molecule has 3 fully saturated rings. The van der Waals surface area contributed by atoms with Crippen LogP contribution < -0.4 is 5.32 Å². The number of fused-ring (bicyclic) bond motifs is 7. The second-order valence-electron chi connectivity index (χ2n) is 14.6. The Morgan fingerprint density at radius 1 is 1.18 bits per heavy atom. The number of amides is 1. The number of allylic oxidation sites excluding steroid dienone is 2. The highest BCUT2D eigenvalue weighted by Crippen LogP contribution is 2.71. The molecular weight excluding hydrogens is 486 g/mol. The van der Waals surface area contributed by atoms with Gasteiger partial charge in [-0.15, -0.1) is 0 Å². The molecule has 0 aromatic rings. The van der Waals surface area contributed by atoms with Crippen LogP contribution in [0.2, 0.25) is 0 Å². The minimum atomic E-state index is -0.0926. The molecule has 1 amide bonds. The van der Waals surface area contributed by atoms with Gasteiger partial charge in [0.1, 0.15) is 11.7 Å². The van der Waals surface area contributed by atoms with E-state index in [0.717, 1.165) is 63.3 Å². The smallest absolute Gasteiger partial charge is 0.306 e. The minimum Gasteiger partial charge on any atom is -0.491 e. The molecule has 5 aliphatic rings. The molecule has 39 heavy (non-hydrogen) atoms. The second-order valence-corrected chi connectivity index (χ2v) is 14.6. The lowest BCUT2D eigenvalue weighted by molar-refractivity contribution is -0.151. The van der Waals surface area contributed by atoms with Gasteiger partial charge in [0.05, 0.1) is 5.76 Å². The Labute approximate surface area is 236 Å². The number of carbonyl (C=O) groups excluding carboxylic acids is 2. The summed E-state index contributed by atoms with van der Waals surface area (Å²) in [5.74, 6) is 4.34. The molecule has 3 saturated carbocycles. The highest BCUT2D eigenvalue weighted by Gasteiger charge is 2.67. The summed E-state index contributed by atoms with van der Waals surface area (Å²) in [4.78, 5) is 23.5. The zero-order valence-corrected chi connectivity index (χ0v) is 25.7. The maximum atomic E-state index is 12.2. The van der Waals surface area contributed by atoms with E-state index in [2.05, 4.69) is 46.0 Å². The third-order valence-corrected chi connectivity index (χ3v) is 11.9. The number of nitrogens with one attached hydrogen (secondary N) is 1. The Bertz CT molecular complexity index is 1050. The second kappa shape index (κ2) is 10.6. The molecule has 1 heterocycles. The Hall–Kier alpha value is -1.78. The molecular formula is C34H53NO4. The van der Waals surface area contributed by atoms with Crippen molar-refractivity contribution in [3.05, 3.63) is 23.0 Å². The number of ether oxygens (including phenoxy) is 2. The summed E-state index contributed by atoms with van der Waals surface area (Å²) in [6.07, 6.45) is 14.0. The van der Waals surface area contributed by atoms with Crippen molar-refractivity contribution in [2.75, 3.05) is 6.54 Å². The van der Waals surface area contributed by atoms with Crippen molar-refractivity contribution in [2.24, 2.45) is 40.4 Å². The Balaban J connectivity index is 1.30. The predicted octanol–water partition coefficient (Wildman–Crippen LogP) is 7.50. The molecule has 1 N–H and O–H groups in total. The van der Waals surface area contributed by atoms with E-state index >= 15 is 0 Å². The zero-order valence-electron chi connectivity index (χ0n) is 25.7. The largest absolute Gasteiger partial charge is 0.491 e. The molecule has 9 atom stereocenters. The molecule has 5 rings (SSSR count). The zero-order chi connectivity index (χ0) is 28.2. The van der Waals surface area contributed by atoms with E-state index in [0.29, 0.717) is 24.2 Å². The first-order valence-corrected chi connectivity index (χ1v) is 15.9. The van der Waals surface area contributed by atoms with Crippen molar-refractivity contribution < 1.29 is 19.1 Å². The molecule has 0 aromatic carbocycles. The highest BCUT2D eigenvalue weighted by atomic mass is 16.5. The standard InChI is InChI=1S/C34H53NO4/c1-8-9-30(37)38-25-14-16-32(5)24(18-25)11-12-26-27(32)15-17-33(6)28(26)19-34(7)31(33)22(3)29(39-34)13-10-21(2)20-35-23(4)36/h11,21,25-28,31H,8-10,12-20H2,1-7H3,(H,35,36)/t21-,25+,26-,27+,28+,31-,32+,33+,34+/m1/s1. The van der Waals surface area contributed by atoms with Gasteiger partial charge >= 0.3 is 5.97 Å². The molecule has 0 bridgehead atoms. The maximum Gasteiger partial charge on any atom is 0.306 e. The lowest BCUT2D eigenvalue weighted by Crippen LogP contribution is -2.50. The summed E-state index contributed by atoms with van der Waals surface area (Å²) in [5, 5.41) is 2.96. The molecule has 0 radical (unpaired) electrons. The summed E-state index contributed by atoms with van der Waals surface area (Å²) in [7, 11) is 0. The molecule has 4 aliphatic carbocycles. The van der Waals surface area contributed by atoms with E-state index in [1.807, 2.05) is 6.92 Å². The van der Waals surface area contributed by atoms with Gasteiger partial charge in [-0.05, 0) is 105 Å².